The van der Waals surface area contributed by atoms with Crippen molar-refractivity contribution in [3.05, 3.63) is 63.3 Å². The number of hydrogen-bond acceptors (Lipinski definition) is 6. The number of methoxy groups -OCH3 is 1. The van der Waals surface area contributed by atoms with E-state index in [1.165, 1.54) is 18.2 Å². The van der Waals surface area contributed by atoms with E-state index in [0.29, 0.717) is 11.5 Å². The molecule has 0 aliphatic carbocycles. The Kier molecular flexibility index (Phi) is 9.34. The molecule has 3 aromatic rings. The first kappa shape index (κ1) is 23.6. The van der Waals surface area contributed by atoms with E-state index >= 15 is 0 Å². The zero-order valence-electron chi connectivity index (χ0n) is 16.5. The highest BCUT2D eigenvalue weighted by molar-refractivity contribution is 6.32. The minimum atomic E-state index is -0.538. The van der Waals surface area contributed by atoms with Crippen molar-refractivity contribution in [1.29, 1.82) is 0 Å². The van der Waals surface area contributed by atoms with Crippen LogP contribution < -0.4 is 15.2 Å². The molecule has 3 rings (SSSR count). The molecule has 2 aromatic carbocycles. The van der Waals surface area contributed by atoms with Gasteiger partial charge in [0.05, 0.1) is 17.5 Å². The maximum absolute atomic E-state index is 10.8. The van der Waals surface area contributed by atoms with Crippen LogP contribution in [0.3, 0.4) is 0 Å². The van der Waals surface area contributed by atoms with Crippen LogP contribution in [0.25, 0.3) is 10.9 Å². The van der Waals surface area contributed by atoms with Gasteiger partial charge in [-0.2, -0.15) is 0 Å². The number of hydrogen-bond donors (Lipinski definition) is 1. The number of aryl methyl sites for hydroxylation is 1. The molecule has 0 fully saturated rings. The molecular formula is C20H22ClN3O5. The van der Waals surface area contributed by atoms with Crippen molar-refractivity contribution in [1.82, 2.24) is 4.98 Å². The molecule has 9 heteroatoms. The van der Waals surface area contributed by atoms with Gasteiger partial charge in [0.1, 0.15) is 22.3 Å². The Morgan fingerprint density at radius 3 is 2.38 bits per heavy atom. The van der Waals surface area contributed by atoms with Crippen LogP contribution in [0.2, 0.25) is 5.02 Å². The van der Waals surface area contributed by atoms with E-state index in [1.54, 1.807) is 19.4 Å². The van der Waals surface area contributed by atoms with Crippen LogP contribution in [-0.2, 0) is 4.79 Å². The number of halogens is 1. The number of pyridine rings is 1. The lowest BCUT2D eigenvalue weighted by Gasteiger charge is -2.11. The number of nitro groups is 1. The van der Waals surface area contributed by atoms with Gasteiger partial charge < -0.3 is 15.2 Å². The SMILES string of the molecule is CC.COc1cc2nccc(Oc3ccc([N+](=O)[O-])c(Cl)c3)c2cc1C.NC=O. The lowest BCUT2D eigenvalue weighted by atomic mass is 10.1. The second-order valence-corrected chi connectivity index (χ2v) is 5.66. The van der Waals surface area contributed by atoms with E-state index in [1.807, 2.05) is 32.9 Å². The third-order valence-electron chi connectivity index (χ3n) is 3.56. The van der Waals surface area contributed by atoms with Crippen molar-refractivity contribution in [2.75, 3.05) is 7.11 Å². The Hall–Kier alpha value is -3.39. The molecular weight excluding hydrogens is 398 g/mol. The summed E-state index contributed by atoms with van der Waals surface area (Å²) < 4.78 is 11.1. The minimum absolute atomic E-state index is 0.0220. The third-order valence-corrected chi connectivity index (χ3v) is 3.86. The average Bonchev–Trinajstić information content (AvgIpc) is 2.70. The topological polar surface area (TPSA) is 118 Å². The number of nitrogens with two attached hydrogens (primary N) is 1. The lowest BCUT2D eigenvalue weighted by molar-refractivity contribution is -0.384. The minimum Gasteiger partial charge on any atom is -0.496 e. The van der Waals surface area contributed by atoms with Crippen molar-refractivity contribution in [2.24, 2.45) is 5.73 Å². The van der Waals surface area contributed by atoms with Gasteiger partial charge in [-0.25, -0.2) is 0 Å². The van der Waals surface area contributed by atoms with E-state index in [2.05, 4.69) is 10.7 Å². The first-order chi connectivity index (χ1) is 13.9. The molecule has 1 heterocycles. The Bertz CT molecular complexity index is 995. The van der Waals surface area contributed by atoms with Crippen LogP contribution in [0.15, 0.2) is 42.6 Å². The van der Waals surface area contributed by atoms with Gasteiger partial charge in [0.15, 0.2) is 0 Å². The van der Waals surface area contributed by atoms with Crippen molar-refractivity contribution in [3.63, 3.8) is 0 Å². The van der Waals surface area contributed by atoms with Gasteiger partial charge in [-0.15, -0.1) is 0 Å². The van der Waals surface area contributed by atoms with Crippen LogP contribution in [0.4, 0.5) is 5.69 Å². The number of primary amides is 1. The van der Waals surface area contributed by atoms with Gasteiger partial charge in [0, 0.05) is 29.8 Å². The number of carbonyl (C=O) groups excluding carboxylic acids is 1. The van der Waals surface area contributed by atoms with Crippen molar-refractivity contribution in [2.45, 2.75) is 20.8 Å². The molecule has 8 nitrogen and oxygen atoms in total. The monoisotopic (exact) mass is 419 g/mol. The molecule has 0 unspecified atom stereocenters. The third kappa shape index (κ3) is 6.05. The lowest BCUT2D eigenvalue weighted by Crippen LogP contribution is -1.93. The molecule has 1 amide bonds. The van der Waals surface area contributed by atoms with Gasteiger partial charge in [0.25, 0.3) is 5.69 Å². The molecule has 0 saturated heterocycles. The summed E-state index contributed by atoms with van der Waals surface area (Å²) in [5, 5.41) is 11.7. The number of aromatic nitrogens is 1. The van der Waals surface area contributed by atoms with Gasteiger partial charge in [-0.3, -0.25) is 19.9 Å². The van der Waals surface area contributed by atoms with Gasteiger partial charge in [-0.05, 0) is 30.7 Å². The van der Waals surface area contributed by atoms with Crippen LogP contribution >= 0.6 is 11.6 Å². The number of nitro benzene ring substituents is 1. The Morgan fingerprint density at radius 2 is 1.83 bits per heavy atom. The number of carbonyl (C=O) groups is 1. The first-order valence-electron chi connectivity index (χ1n) is 8.61. The summed E-state index contributed by atoms with van der Waals surface area (Å²) >= 11 is 5.92. The summed E-state index contributed by atoms with van der Waals surface area (Å²) in [4.78, 5) is 23.2. The van der Waals surface area contributed by atoms with Gasteiger partial charge in [0.2, 0.25) is 6.41 Å². The summed E-state index contributed by atoms with van der Waals surface area (Å²) in [6.45, 7) is 5.93. The molecule has 2 N–H and O–H groups in total. The number of nitrogens with zero attached hydrogens (tertiary/aromatic N) is 2. The standard InChI is InChI=1S/C17H13ClN2O4.C2H6.CH3NO/c1-10-7-12-14(9-17(10)23-2)19-6-5-16(12)24-11-3-4-15(20(21)22)13(18)8-11;1-2;2-1-3/h3-9H,1-2H3;1-2H3;1H,(H2,2,3). The Morgan fingerprint density at radius 1 is 1.17 bits per heavy atom. The van der Waals surface area contributed by atoms with E-state index in [9.17, 15) is 10.1 Å². The van der Waals surface area contributed by atoms with Crippen molar-refractivity contribution < 1.29 is 19.2 Å². The zero-order valence-corrected chi connectivity index (χ0v) is 17.3. The quantitative estimate of drug-likeness (QED) is 0.360. The number of benzene rings is 2. The van der Waals surface area contributed by atoms with E-state index < -0.39 is 4.92 Å². The predicted octanol–water partition coefficient (Wildman–Crippen LogP) is 5.03. The predicted molar refractivity (Wildman–Crippen MR) is 113 cm³/mol. The fraction of sp³-hybridized carbons (Fsp3) is 0.200. The highest BCUT2D eigenvalue weighted by atomic mass is 35.5. The molecule has 0 spiro atoms. The van der Waals surface area contributed by atoms with Gasteiger partial charge in [-0.1, -0.05) is 25.4 Å². The molecule has 1 aromatic heterocycles. The average molecular weight is 420 g/mol. The first-order valence-corrected chi connectivity index (χ1v) is 8.99. The summed E-state index contributed by atoms with van der Waals surface area (Å²) in [6, 6.07) is 9.72. The highest BCUT2D eigenvalue weighted by Crippen LogP contribution is 2.35. The molecule has 154 valence electrons. The second-order valence-electron chi connectivity index (χ2n) is 5.26. The van der Waals surface area contributed by atoms with E-state index in [-0.39, 0.29) is 17.1 Å². The molecule has 0 atom stereocenters. The maximum Gasteiger partial charge on any atom is 0.288 e. The summed E-state index contributed by atoms with van der Waals surface area (Å²) in [5.74, 6) is 1.73. The van der Waals surface area contributed by atoms with E-state index in [0.717, 1.165) is 22.2 Å². The van der Waals surface area contributed by atoms with E-state index in [4.69, 9.17) is 25.9 Å². The maximum atomic E-state index is 10.8. The fourth-order valence-corrected chi connectivity index (χ4v) is 2.63. The molecule has 29 heavy (non-hydrogen) atoms. The van der Waals surface area contributed by atoms with Crippen LogP contribution in [0.5, 0.6) is 17.2 Å². The summed E-state index contributed by atoms with van der Waals surface area (Å²) in [7, 11) is 1.60. The molecule has 0 radical (unpaired) electrons. The number of ether oxygens (including phenoxy) is 2. The largest absolute Gasteiger partial charge is 0.496 e. The molecule has 0 saturated carbocycles. The second kappa shape index (κ2) is 11.5. The van der Waals surface area contributed by atoms with Gasteiger partial charge >= 0.3 is 0 Å². The Labute approximate surface area is 173 Å². The summed E-state index contributed by atoms with van der Waals surface area (Å²) in [6.07, 6.45) is 1.87. The Balaban J connectivity index is 0.000000771. The smallest absolute Gasteiger partial charge is 0.288 e. The van der Waals surface area contributed by atoms with Crippen LogP contribution in [0.1, 0.15) is 19.4 Å². The molecule has 0 aliphatic rings. The van der Waals surface area contributed by atoms with Crippen LogP contribution in [0, 0.1) is 17.0 Å². The number of rotatable bonds is 4. The fourth-order valence-electron chi connectivity index (χ4n) is 2.39. The van der Waals surface area contributed by atoms with Crippen molar-refractivity contribution >= 4 is 34.6 Å². The molecule has 0 aliphatic heterocycles. The normalized spacial score (nSPS) is 9.41. The number of fused-ring (bicyclic) bond motifs is 1. The highest BCUT2D eigenvalue weighted by Gasteiger charge is 2.14. The number of amides is 1. The molecule has 0 bridgehead atoms. The summed E-state index contributed by atoms with van der Waals surface area (Å²) in [5.41, 5.74) is 5.68. The van der Waals surface area contributed by atoms with Crippen molar-refractivity contribution in [3.8, 4) is 17.2 Å². The zero-order chi connectivity index (χ0) is 22.0. The van der Waals surface area contributed by atoms with Crippen LogP contribution in [-0.4, -0.2) is 23.4 Å².